The fraction of sp³-hybridized carbons (Fsp3) is 0. The Morgan fingerprint density at radius 2 is 1.50 bits per heavy atom. The molecule has 1 saturated heterocycles. The van der Waals surface area contributed by atoms with E-state index in [4.69, 9.17) is 0 Å². The number of hydrogen-bond acceptors (Lipinski definition) is 5. The molecular weight excluding hydrogens is 176 g/mol. The summed E-state index contributed by atoms with van der Waals surface area (Å²) in [6.07, 6.45) is 0. The molecule has 0 spiro atoms. The summed E-state index contributed by atoms with van der Waals surface area (Å²) < 4.78 is 26.2. The first kappa shape index (κ1) is 4.33. The third-order valence-corrected chi connectivity index (χ3v) is 1.31. The summed E-state index contributed by atoms with van der Waals surface area (Å²) in [5, 5.41) is 3.40. The van der Waals surface area contributed by atoms with Crippen molar-refractivity contribution in [2.24, 2.45) is 0 Å². The molecule has 6 heteroatoms. The van der Waals surface area contributed by atoms with Gasteiger partial charge in [0, 0.05) is 0 Å². The zero-order valence-corrected chi connectivity index (χ0v) is 4.46. The van der Waals surface area contributed by atoms with Gasteiger partial charge in [-0.1, -0.05) is 0 Å². The summed E-state index contributed by atoms with van der Waals surface area (Å²) in [7, 11) is 0. The molecular formula is MoO5. The van der Waals surface area contributed by atoms with Gasteiger partial charge >= 0.3 is 35.7 Å². The molecule has 0 radical (unpaired) electrons. The van der Waals surface area contributed by atoms with Crippen LogP contribution in [0.1, 0.15) is 0 Å². The fourth-order valence-corrected chi connectivity index (χ4v) is 0.433. The van der Waals surface area contributed by atoms with Gasteiger partial charge in [0.15, 0.2) is 0 Å². The Bertz CT molecular complexity index is 118. The molecule has 0 unspecified atom stereocenters. The Kier molecular flexibility index (Phi) is 0.771. The Labute approximate surface area is 36.4 Å². The van der Waals surface area contributed by atoms with Gasteiger partial charge in [-0.25, -0.2) is 0 Å². The third kappa shape index (κ3) is 0.627. The molecule has 0 aromatic carbocycles. The summed E-state index contributed by atoms with van der Waals surface area (Å²) in [5.74, 6) is 0. The van der Waals surface area contributed by atoms with Crippen molar-refractivity contribution in [2.75, 3.05) is 0 Å². The van der Waals surface area contributed by atoms with E-state index in [0.29, 0.717) is 0 Å². The van der Waals surface area contributed by atoms with Crippen LogP contribution in [0.15, 0.2) is 0 Å². The van der Waals surface area contributed by atoms with E-state index in [2.05, 4.69) is 12.1 Å². The molecule has 0 aromatic heterocycles. The molecule has 5 nitrogen and oxygen atoms in total. The van der Waals surface area contributed by atoms with Crippen LogP contribution >= 0.6 is 0 Å². The van der Waals surface area contributed by atoms with E-state index in [-0.39, 0.29) is 0 Å². The van der Waals surface area contributed by atoms with Gasteiger partial charge in [-0.3, -0.25) is 0 Å². The summed E-state index contributed by atoms with van der Waals surface area (Å²) in [4.78, 5) is 0. The average Bonchev–Trinajstić information content (AvgIpc) is 1.32. The van der Waals surface area contributed by atoms with E-state index in [1.165, 1.54) is 0 Å². The monoisotopic (exact) mass is 178 g/mol. The van der Waals surface area contributed by atoms with Gasteiger partial charge in [0.2, 0.25) is 0 Å². The molecule has 0 N–H and O–H groups in total. The normalized spacial score (nSPS) is 28.7. The first-order valence-corrected chi connectivity index (χ1v) is 4.28. The molecule has 36 valence electrons. The first-order chi connectivity index (χ1) is 2.71. The van der Waals surface area contributed by atoms with E-state index in [1.807, 2.05) is 0 Å². The van der Waals surface area contributed by atoms with Crippen molar-refractivity contribution in [1.29, 1.82) is 0 Å². The minimum atomic E-state index is -4.60. The average molecular weight is 176 g/mol. The van der Waals surface area contributed by atoms with Crippen LogP contribution in [0.5, 0.6) is 0 Å². The van der Waals surface area contributed by atoms with Crippen LogP contribution in [-0.4, -0.2) is 0 Å². The molecule has 0 saturated carbocycles. The van der Waals surface area contributed by atoms with Crippen molar-refractivity contribution in [3.05, 3.63) is 0 Å². The Hall–Kier alpha value is 0.168. The number of hydrogen-bond donors (Lipinski definition) is 0. The van der Waals surface area contributed by atoms with Crippen molar-refractivity contribution in [3.8, 4) is 0 Å². The van der Waals surface area contributed by atoms with Crippen LogP contribution in [0.2, 0.25) is 0 Å². The standard InChI is InChI=1S/Mo.H2O3.2O/c;1-3-2;;/h;1-2H;;/q+2;;;/p-2. The van der Waals surface area contributed by atoms with Crippen LogP contribution in [0, 0.1) is 0 Å². The third-order valence-electron chi connectivity index (χ3n) is 0.222. The van der Waals surface area contributed by atoms with E-state index >= 15 is 0 Å². The van der Waals surface area contributed by atoms with Gasteiger partial charge in [-0.2, -0.15) is 0 Å². The molecule has 1 fully saturated rings. The van der Waals surface area contributed by atoms with Crippen molar-refractivity contribution in [1.82, 2.24) is 0 Å². The van der Waals surface area contributed by atoms with Crippen molar-refractivity contribution < 1.29 is 35.7 Å². The summed E-state index contributed by atoms with van der Waals surface area (Å²) in [6, 6.07) is 0. The Balaban J connectivity index is 2.78. The van der Waals surface area contributed by atoms with Gasteiger partial charge in [-0.15, -0.1) is 0 Å². The second-order valence-electron chi connectivity index (χ2n) is 0.612. The molecule has 6 heavy (non-hydrogen) atoms. The molecule has 0 atom stereocenters. The van der Waals surface area contributed by atoms with Crippen LogP contribution in [0.25, 0.3) is 0 Å². The van der Waals surface area contributed by atoms with Gasteiger partial charge in [-0.05, 0) is 0 Å². The second kappa shape index (κ2) is 1.07. The molecule has 0 bridgehead atoms. The predicted molar refractivity (Wildman–Crippen MR) is 4.63 cm³/mol. The molecule has 0 aliphatic carbocycles. The van der Waals surface area contributed by atoms with E-state index in [1.54, 1.807) is 0 Å². The second-order valence-corrected chi connectivity index (χ2v) is 3.29. The van der Waals surface area contributed by atoms with Crippen molar-refractivity contribution >= 4 is 0 Å². The van der Waals surface area contributed by atoms with Crippen LogP contribution < -0.4 is 0 Å². The van der Waals surface area contributed by atoms with E-state index in [0.717, 1.165) is 0 Å². The molecule has 1 aliphatic heterocycles. The van der Waals surface area contributed by atoms with Crippen LogP contribution in [-0.2, 0) is 35.7 Å². The van der Waals surface area contributed by atoms with Gasteiger partial charge in [0.25, 0.3) is 0 Å². The summed E-state index contributed by atoms with van der Waals surface area (Å²) in [5.41, 5.74) is 0. The van der Waals surface area contributed by atoms with Crippen molar-refractivity contribution in [2.45, 2.75) is 0 Å². The Morgan fingerprint density at radius 3 is 1.50 bits per heavy atom. The molecule has 1 aliphatic rings. The van der Waals surface area contributed by atoms with E-state index in [9.17, 15) is 6.80 Å². The maximum absolute atomic E-state index is 9.62. The first-order valence-electron chi connectivity index (χ1n) is 1.00. The topological polar surface area (TPSA) is 61.8 Å². The van der Waals surface area contributed by atoms with Gasteiger partial charge in [0.05, 0.1) is 0 Å². The Morgan fingerprint density at radius 1 is 1.17 bits per heavy atom. The SMILES string of the molecule is [O]=[Mo]1(=[O])[O]O[O]1. The number of rotatable bonds is 0. The predicted octanol–water partition coefficient (Wildman–Crippen LogP) is -0.445. The molecule has 1 rings (SSSR count). The van der Waals surface area contributed by atoms with Gasteiger partial charge in [0.1, 0.15) is 0 Å². The molecule has 0 amide bonds. The molecule has 1 heterocycles. The maximum atomic E-state index is 9.62. The minimum absolute atomic E-state index is 3.40. The fourth-order valence-electron chi connectivity index (χ4n) is 0.0731. The van der Waals surface area contributed by atoms with Crippen LogP contribution in [0.3, 0.4) is 0 Å². The summed E-state index contributed by atoms with van der Waals surface area (Å²) >= 11 is -4.60. The molecule has 0 aromatic rings. The van der Waals surface area contributed by atoms with E-state index < -0.39 is 16.7 Å². The zero-order chi connectivity index (χ0) is 4.62. The zero-order valence-electron chi connectivity index (χ0n) is 2.45. The summed E-state index contributed by atoms with van der Waals surface area (Å²) in [6.45, 7) is 0. The van der Waals surface area contributed by atoms with Crippen molar-refractivity contribution in [3.63, 3.8) is 0 Å². The quantitative estimate of drug-likeness (QED) is 0.369. The van der Waals surface area contributed by atoms with Crippen LogP contribution in [0.4, 0.5) is 0 Å². The van der Waals surface area contributed by atoms with Gasteiger partial charge < -0.3 is 0 Å².